The van der Waals surface area contributed by atoms with Crippen molar-refractivity contribution in [1.29, 1.82) is 0 Å². The third-order valence-corrected chi connectivity index (χ3v) is 7.96. The van der Waals surface area contributed by atoms with Gasteiger partial charge >= 0.3 is 0 Å². The van der Waals surface area contributed by atoms with Gasteiger partial charge in [0.2, 0.25) is 0 Å². The molecule has 1 N–H and O–H groups in total. The van der Waals surface area contributed by atoms with Gasteiger partial charge in [0.05, 0.1) is 11.2 Å². The van der Waals surface area contributed by atoms with Gasteiger partial charge in [0.15, 0.2) is 0 Å². The first-order valence-corrected chi connectivity index (χ1v) is 13.6. The van der Waals surface area contributed by atoms with Crippen LogP contribution in [-0.4, -0.2) is 19.1 Å². The number of nitrogens with one attached hydrogen (secondary N) is 1. The molecule has 1 heterocycles. The van der Waals surface area contributed by atoms with Gasteiger partial charge in [-0.15, -0.1) is 11.3 Å². The highest BCUT2D eigenvalue weighted by molar-refractivity contribution is 7.07. The third kappa shape index (κ3) is 4.50. The number of fused-ring (bicyclic) bond motifs is 2. The Labute approximate surface area is 219 Å². The summed E-state index contributed by atoms with van der Waals surface area (Å²) in [5, 5.41) is 7.37. The van der Waals surface area contributed by atoms with E-state index in [1.165, 1.54) is 22.8 Å². The van der Waals surface area contributed by atoms with Crippen molar-refractivity contribution in [3.8, 4) is 11.3 Å². The van der Waals surface area contributed by atoms with Crippen molar-refractivity contribution in [1.82, 2.24) is 10.3 Å². The van der Waals surface area contributed by atoms with Gasteiger partial charge in [-0.3, -0.25) is 0 Å². The van der Waals surface area contributed by atoms with Crippen molar-refractivity contribution in [3.05, 3.63) is 124 Å². The standard InChI is InChI=1S/C18H18.C13H9NS.C2H7N/c1-18(2)11-16-12-7-3-5-9-14(12)17(18)15-10-6-4-8-13(15)16;1-2-6-11-10(4-1)5-3-7-12(11)13-8-15-9-14-13;1-3-2/h3-10,16-17H,11H2,1-2H3;1-9H;3H,1-2H3. The number of benzene rings is 4. The van der Waals surface area contributed by atoms with Gasteiger partial charge in [-0.1, -0.05) is 105 Å². The molecule has 5 aromatic rings. The van der Waals surface area contributed by atoms with Crippen LogP contribution in [0.1, 0.15) is 54.4 Å². The predicted molar refractivity (Wildman–Crippen MR) is 155 cm³/mol. The summed E-state index contributed by atoms with van der Waals surface area (Å²) in [6.45, 7) is 4.85. The van der Waals surface area contributed by atoms with Gasteiger partial charge in [0, 0.05) is 22.8 Å². The molecule has 0 saturated heterocycles. The van der Waals surface area contributed by atoms with Crippen molar-refractivity contribution in [2.75, 3.05) is 14.1 Å². The minimum atomic E-state index is 0.382. The highest BCUT2D eigenvalue weighted by Gasteiger charge is 2.47. The SMILES string of the molecule is CC1(C)CC2c3ccccc3C1c1ccccc12.CNC.c1ccc2c(-c3cscn3)cccc2c1. The Kier molecular flexibility index (Phi) is 7.04. The zero-order valence-corrected chi connectivity index (χ0v) is 22.3. The Bertz CT molecular complexity index is 1400. The van der Waals surface area contributed by atoms with Crippen LogP contribution in [0, 0.1) is 5.41 Å². The van der Waals surface area contributed by atoms with E-state index in [1.54, 1.807) is 33.6 Å². The third-order valence-electron chi connectivity index (χ3n) is 7.37. The minimum absolute atomic E-state index is 0.382. The number of rotatable bonds is 1. The van der Waals surface area contributed by atoms with E-state index in [2.05, 4.69) is 121 Å². The molecule has 0 aliphatic heterocycles. The molecule has 0 atom stereocenters. The number of nitrogens with zero attached hydrogens (tertiary/aromatic N) is 1. The summed E-state index contributed by atoms with van der Waals surface area (Å²) in [6, 6.07) is 32.8. The average Bonchev–Trinajstić information content (AvgIpc) is 3.44. The van der Waals surface area contributed by atoms with E-state index in [4.69, 9.17) is 0 Å². The summed E-state index contributed by atoms with van der Waals surface area (Å²) in [5.41, 5.74) is 10.8. The second-order valence-corrected chi connectivity index (χ2v) is 11.1. The largest absolute Gasteiger partial charge is 0.323 e. The second kappa shape index (κ2) is 10.4. The maximum atomic E-state index is 4.36. The molecule has 36 heavy (non-hydrogen) atoms. The van der Waals surface area contributed by atoms with Crippen LogP contribution in [0.4, 0.5) is 0 Å². The lowest BCUT2D eigenvalue weighted by atomic mass is 9.53. The van der Waals surface area contributed by atoms with Crippen molar-refractivity contribution in [3.63, 3.8) is 0 Å². The van der Waals surface area contributed by atoms with Crippen LogP contribution in [0.15, 0.2) is 102 Å². The van der Waals surface area contributed by atoms with Crippen LogP contribution < -0.4 is 5.32 Å². The molecule has 1 aromatic heterocycles. The molecule has 4 aromatic carbocycles. The van der Waals surface area contributed by atoms with Gasteiger partial charge in [-0.25, -0.2) is 4.98 Å². The summed E-state index contributed by atoms with van der Waals surface area (Å²) in [6.07, 6.45) is 1.28. The average molecular weight is 491 g/mol. The zero-order chi connectivity index (χ0) is 25.1. The Morgan fingerprint density at radius 3 is 1.92 bits per heavy atom. The van der Waals surface area contributed by atoms with E-state index >= 15 is 0 Å². The van der Waals surface area contributed by atoms with E-state index < -0.39 is 0 Å². The van der Waals surface area contributed by atoms with Gasteiger partial charge in [0.25, 0.3) is 0 Å². The monoisotopic (exact) mass is 490 g/mol. The van der Waals surface area contributed by atoms with Crippen LogP contribution in [0.3, 0.4) is 0 Å². The summed E-state index contributed by atoms with van der Waals surface area (Å²) < 4.78 is 0. The molecule has 0 fully saturated rings. The molecule has 182 valence electrons. The molecule has 0 unspecified atom stereocenters. The first-order chi connectivity index (χ1) is 17.5. The lowest BCUT2D eigenvalue weighted by Gasteiger charge is -2.50. The Morgan fingerprint density at radius 2 is 1.31 bits per heavy atom. The van der Waals surface area contributed by atoms with Crippen LogP contribution in [-0.2, 0) is 0 Å². The lowest BCUT2D eigenvalue weighted by Crippen LogP contribution is -2.37. The predicted octanol–water partition coefficient (Wildman–Crippen LogP) is 8.49. The maximum absolute atomic E-state index is 4.36. The van der Waals surface area contributed by atoms with Crippen molar-refractivity contribution in [2.24, 2.45) is 5.41 Å². The Morgan fingerprint density at radius 1 is 0.750 bits per heavy atom. The molecular formula is C33H34N2S. The van der Waals surface area contributed by atoms with Gasteiger partial charge in [-0.2, -0.15) is 0 Å². The van der Waals surface area contributed by atoms with Crippen molar-refractivity contribution >= 4 is 22.1 Å². The fourth-order valence-electron chi connectivity index (χ4n) is 6.02. The maximum Gasteiger partial charge on any atom is 0.0817 e. The van der Waals surface area contributed by atoms with Gasteiger partial charge in [0.1, 0.15) is 0 Å². The molecular weight excluding hydrogens is 456 g/mol. The molecule has 3 aliphatic rings. The highest BCUT2D eigenvalue weighted by Crippen LogP contribution is 2.60. The molecule has 2 nitrogen and oxygen atoms in total. The topological polar surface area (TPSA) is 24.9 Å². The van der Waals surface area contributed by atoms with E-state index in [0.29, 0.717) is 17.3 Å². The number of hydrogen-bond acceptors (Lipinski definition) is 3. The van der Waals surface area contributed by atoms with Gasteiger partial charge < -0.3 is 5.32 Å². The van der Waals surface area contributed by atoms with Crippen molar-refractivity contribution in [2.45, 2.75) is 32.1 Å². The first kappa shape index (κ1) is 24.4. The number of hydrogen-bond donors (Lipinski definition) is 1. The molecule has 0 spiro atoms. The Hall–Kier alpha value is -3.27. The summed E-state index contributed by atoms with van der Waals surface area (Å²) in [7, 11) is 3.75. The fourth-order valence-corrected chi connectivity index (χ4v) is 6.57. The quantitative estimate of drug-likeness (QED) is 0.255. The number of thiazole rings is 1. The minimum Gasteiger partial charge on any atom is -0.323 e. The molecule has 0 saturated carbocycles. The Balaban J connectivity index is 0.000000136. The van der Waals surface area contributed by atoms with E-state index in [9.17, 15) is 0 Å². The highest BCUT2D eigenvalue weighted by atomic mass is 32.1. The normalized spacial score (nSPS) is 18.2. The van der Waals surface area contributed by atoms with E-state index in [1.807, 2.05) is 19.6 Å². The van der Waals surface area contributed by atoms with E-state index in [-0.39, 0.29) is 0 Å². The van der Waals surface area contributed by atoms with Crippen molar-refractivity contribution < 1.29 is 0 Å². The van der Waals surface area contributed by atoms with Crippen LogP contribution >= 0.6 is 11.3 Å². The van der Waals surface area contributed by atoms with Crippen LogP contribution in [0.5, 0.6) is 0 Å². The lowest BCUT2D eigenvalue weighted by molar-refractivity contribution is 0.237. The van der Waals surface area contributed by atoms with Crippen LogP contribution in [0.2, 0.25) is 0 Å². The smallest absolute Gasteiger partial charge is 0.0817 e. The molecule has 0 radical (unpaired) electrons. The molecule has 3 heteroatoms. The molecule has 0 amide bonds. The molecule has 2 bridgehead atoms. The summed E-state index contributed by atoms with van der Waals surface area (Å²) in [5.74, 6) is 1.19. The van der Waals surface area contributed by atoms with Gasteiger partial charge in [-0.05, 0) is 59.0 Å². The summed E-state index contributed by atoms with van der Waals surface area (Å²) in [4.78, 5) is 4.36. The fraction of sp³-hybridized carbons (Fsp3) is 0.242. The van der Waals surface area contributed by atoms with Crippen LogP contribution in [0.25, 0.3) is 22.0 Å². The summed E-state index contributed by atoms with van der Waals surface area (Å²) >= 11 is 1.63. The molecule has 8 rings (SSSR count). The first-order valence-electron chi connectivity index (χ1n) is 12.7. The molecule has 3 aliphatic carbocycles. The zero-order valence-electron chi connectivity index (χ0n) is 21.5. The second-order valence-electron chi connectivity index (χ2n) is 10.3. The number of aromatic nitrogens is 1. The van der Waals surface area contributed by atoms with E-state index in [0.717, 1.165) is 5.69 Å².